The molecule has 3 nitrogen and oxygen atoms in total. The lowest BCUT2D eigenvalue weighted by molar-refractivity contribution is 0.391. The summed E-state index contributed by atoms with van der Waals surface area (Å²) < 4.78 is 1.59. The van der Waals surface area contributed by atoms with E-state index in [4.69, 9.17) is 0 Å². The van der Waals surface area contributed by atoms with Gasteiger partial charge in [0.1, 0.15) is 5.65 Å². The molecule has 0 spiro atoms. The SMILES string of the molecule is O=c1cc(CSCC2CCCCC2)nc2ccccn12. The lowest BCUT2D eigenvalue weighted by atomic mass is 9.91. The van der Waals surface area contributed by atoms with E-state index in [0.29, 0.717) is 0 Å². The van der Waals surface area contributed by atoms with Crippen LogP contribution in [0.2, 0.25) is 0 Å². The van der Waals surface area contributed by atoms with Crippen LogP contribution in [0, 0.1) is 5.92 Å². The molecule has 0 atom stereocenters. The zero-order valence-corrected chi connectivity index (χ0v) is 12.4. The summed E-state index contributed by atoms with van der Waals surface area (Å²) in [5, 5.41) is 0. The van der Waals surface area contributed by atoms with Gasteiger partial charge in [-0.05, 0) is 36.6 Å². The number of nitrogens with zero attached hydrogens (tertiary/aromatic N) is 2. The molecule has 1 aliphatic rings. The molecular weight excluding hydrogens is 268 g/mol. The van der Waals surface area contributed by atoms with Crippen LogP contribution in [-0.4, -0.2) is 15.1 Å². The molecule has 0 bridgehead atoms. The Morgan fingerprint density at radius 2 is 2.10 bits per heavy atom. The monoisotopic (exact) mass is 288 g/mol. The number of fused-ring (bicyclic) bond motifs is 1. The Labute approximate surface area is 123 Å². The minimum absolute atomic E-state index is 0.0175. The molecule has 0 aliphatic heterocycles. The summed E-state index contributed by atoms with van der Waals surface area (Å²) in [7, 11) is 0. The molecular formula is C16H20N2OS. The van der Waals surface area contributed by atoms with E-state index in [1.54, 1.807) is 16.7 Å². The lowest BCUT2D eigenvalue weighted by Gasteiger charge is -2.20. The Bertz CT molecular complexity index is 632. The van der Waals surface area contributed by atoms with E-state index in [1.807, 2.05) is 30.0 Å². The van der Waals surface area contributed by atoms with Crippen LogP contribution in [0.4, 0.5) is 0 Å². The predicted octanol–water partition coefficient (Wildman–Crippen LogP) is 3.51. The first-order valence-electron chi connectivity index (χ1n) is 7.38. The molecule has 2 aromatic rings. The van der Waals surface area contributed by atoms with Crippen LogP contribution < -0.4 is 5.56 Å². The third kappa shape index (κ3) is 3.23. The minimum Gasteiger partial charge on any atom is -0.269 e. The highest BCUT2D eigenvalue weighted by atomic mass is 32.2. The molecule has 3 rings (SSSR count). The molecule has 4 heteroatoms. The largest absolute Gasteiger partial charge is 0.269 e. The summed E-state index contributed by atoms with van der Waals surface area (Å²) in [5.41, 5.74) is 1.67. The van der Waals surface area contributed by atoms with Gasteiger partial charge in [0.25, 0.3) is 5.56 Å². The molecule has 2 aromatic heterocycles. The van der Waals surface area contributed by atoms with Crippen molar-refractivity contribution in [2.45, 2.75) is 37.9 Å². The van der Waals surface area contributed by atoms with Crippen molar-refractivity contribution < 1.29 is 0 Å². The first-order chi connectivity index (χ1) is 9.83. The summed E-state index contributed by atoms with van der Waals surface area (Å²) in [4.78, 5) is 16.5. The van der Waals surface area contributed by atoms with Crippen LogP contribution in [0.1, 0.15) is 37.8 Å². The fourth-order valence-electron chi connectivity index (χ4n) is 2.86. The van der Waals surface area contributed by atoms with Crippen LogP contribution in [0.3, 0.4) is 0 Å². The molecule has 0 N–H and O–H groups in total. The van der Waals surface area contributed by atoms with E-state index < -0.39 is 0 Å². The van der Waals surface area contributed by atoms with Gasteiger partial charge in [-0.15, -0.1) is 0 Å². The highest BCUT2D eigenvalue weighted by molar-refractivity contribution is 7.98. The number of hydrogen-bond acceptors (Lipinski definition) is 3. The van der Waals surface area contributed by atoms with E-state index in [9.17, 15) is 4.79 Å². The van der Waals surface area contributed by atoms with Crippen LogP contribution in [0.5, 0.6) is 0 Å². The van der Waals surface area contributed by atoms with E-state index >= 15 is 0 Å². The van der Waals surface area contributed by atoms with Gasteiger partial charge in [0.05, 0.1) is 5.69 Å². The van der Waals surface area contributed by atoms with E-state index in [2.05, 4.69) is 4.98 Å². The second kappa shape index (κ2) is 6.44. The maximum absolute atomic E-state index is 12.0. The van der Waals surface area contributed by atoms with Gasteiger partial charge >= 0.3 is 0 Å². The van der Waals surface area contributed by atoms with Crippen molar-refractivity contribution in [3.8, 4) is 0 Å². The predicted molar refractivity (Wildman–Crippen MR) is 84.2 cm³/mol. The van der Waals surface area contributed by atoms with Crippen LogP contribution in [0.15, 0.2) is 35.3 Å². The van der Waals surface area contributed by atoms with Crippen molar-refractivity contribution >= 4 is 17.4 Å². The Balaban J connectivity index is 1.64. The Kier molecular flexibility index (Phi) is 4.41. The average molecular weight is 288 g/mol. The lowest BCUT2D eigenvalue weighted by Crippen LogP contribution is -2.15. The van der Waals surface area contributed by atoms with Gasteiger partial charge in [0.2, 0.25) is 0 Å². The minimum atomic E-state index is 0.0175. The first kappa shape index (κ1) is 13.7. The van der Waals surface area contributed by atoms with Gasteiger partial charge in [0, 0.05) is 18.0 Å². The fourth-order valence-corrected chi connectivity index (χ4v) is 4.00. The molecule has 2 heterocycles. The number of aromatic nitrogens is 2. The smallest absolute Gasteiger partial charge is 0.258 e. The van der Waals surface area contributed by atoms with Gasteiger partial charge < -0.3 is 0 Å². The zero-order chi connectivity index (χ0) is 13.8. The number of pyridine rings is 1. The first-order valence-corrected chi connectivity index (χ1v) is 8.53. The van der Waals surface area contributed by atoms with Gasteiger partial charge in [-0.1, -0.05) is 25.3 Å². The molecule has 0 aromatic carbocycles. The molecule has 1 aliphatic carbocycles. The maximum atomic E-state index is 12.0. The maximum Gasteiger partial charge on any atom is 0.258 e. The third-order valence-electron chi connectivity index (χ3n) is 3.95. The van der Waals surface area contributed by atoms with Gasteiger partial charge in [-0.2, -0.15) is 11.8 Å². The standard InChI is InChI=1S/C16H20N2OS/c19-16-10-14(17-15-8-4-5-9-18(15)16)12-20-11-13-6-2-1-3-7-13/h4-5,8-10,13H,1-3,6-7,11-12H2. The second-order valence-corrected chi connectivity index (χ2v) is 6.56. The van der Waals surface area contributed by atoms with Crippen molar-refractivity contribution in [3.05, 3.63) is 46.5 Å². The van der Waals surface area contributed by atoms with Crippen molar-refractivity contribution in [3.63, 3.8) is 0 Å². The Morgan fingerprint density at radius 3 is 2.95 bits per heavy atom. The van der Waals surface area contributed by atoms with E-state index in [-0.39, 0.29) is 5.56 Å². The molecule has 20 heavy (non-hydrogen) atoms. The van der Waals surface area contributed by atoms with Crippen LogP contribution in [-0.2, 0) is 5.75 Å². The summed E-state index contributed by atoms with van der Waals surface area (Å²) >= 11 is 1.92. The molecule has 0 amide bonds. The van der Waals surface area contributed by atoms with Gasteiger partial charge in [0.15, 0.2) is 0 Å². The Morgan fingerprint density at radius 1 is 1.25 bits per heavy atom. The van der Waals surface area contributed by atoms with Gasteiger partial charge in [-0.25, -0.2) is 4.98 Å². The van der Waals surface area contributed by atoms with Gasteiger partial charge in [-0.3, -0.25) is 9.20 Å². The summed E-state index contributed by atoms with van der Waals surface area (Å²) in [6.07, 6.45) is 8.71. The molecule has 0 radical (unpaired) electrons. The number of thioether (sulfide) groups is 1. The molecule has 0 saturated heterocycles. The highest BCUT2D eigenvalue weighted by Gasteiger charge is 2.13. The van der Waals surface area contributed by atoms with Crippen LogP contribution in [0.25, 0.3) is 5.65 Å². The fraction of sp³-hybridized carbons (Fsp3) is 0.500. The second-order valence-electron chi connectivity index (χ2n) is 5.53. The summed E-state index contributed by atoms with van der Waals surface area (Å²) in [6, 6.07) is 7.33. The van der Waals surface area contributed by atoms with Crippen molar-refractivity contribution in [2.75, 3.05) is 5.75 Å². The molecule has 1 saturated carbocycles. The van der Waals surface area contributed by atoms with Crippen molar-refractivity contribution in [2.24, 2.45) is 5.92 Å². The quantitative estimate of drug-likeness (QED) is 0.863. The number of hydrogen-bond donors (Lipinski definition) is 0. The topological polar surface area (TPSA) is 34.4 Å². The normalized spacial score (nSPS) is 16.6. The van der Waals surface area contributed by atoms with E-state index in [1.165, 1.54) is 37.9 Å². The van der Waals surface area contributed by atoms with Crippen molar-refractivity contribution in [1.29, 1.82) is 0 Å². The average Bonchev–Trinajstić information content (AvgIpc) is 2.48. The summed E-state index contributed by atoms with van der Waals surface area (Å²) in [5.74, 6) is 2.92. The molecule has 1 fully saturated rings. The molecule has 106 valence electrons. The summed E-state index contributed by atoms with van der Waals surface area (Å²) in [6.45, 7) is 0. The highest BCUT2D eigenvalue weighted by Crippen LogP contribution is 2.27. The Hall–Kier alpha value is -1.29. The number of rotatable bonds is 4. The van der Waals surface area contributed by atoms with Crippen molar-refractivity contribution in [1.82, 2.24) is 9.38 Å². The van der Waals surface area contributed by atoms with E-state index in [0.717, 1.165) is 23.0 Å². The molecule has 0 unspecified atom stereocenters. The van der Waals surface area contributed by atoms with Crippen LogP contribution >= 0.6 is 11.8 Å². The zero-order valence-electron chi connectivity index (χ0n) is 11.6. The third-order valence-corrected chi connectivity index (χ3v) is 5.16.